The topological polar surface area (TPSA) is 29.1 Å². The lowest BCUT2D eigenvalue weighted by atomic mass is 10.1. The van der Waals surface area contributed by atoms with E-state index in [2.05, 4.69) is 43.8 Å². The minimum absolute atomic E-state index is 0.186. The Balaban J connectivity index is 2.18. The maximum absolute atomic E-state index is 13.6. The molecule has 110 valence electrons. The Hall–Kier alpha value is -0.950. The fraction of sp³-hybridized carbons (Fsp3) is 0.188. The second-order valence-electron chi connectivity index (χ2n) is 4.83. The molecule has 0 radical (unpaired) electrons. The van der Waals surface area contributed by atoms with Gasteiger partial charge in [-0.1, -0.05) is 12.1 Å². The second kappa shape index (κ2) is 6.87. The summed E-state index contributed by atoms with van der Waals surface area (Å²) in [7, 11) is 0. The van der Waals surface area contributed by atoms with E-state index in [-0.39, 0.29) is 17.8 Å². The molecule has 0 aromatic heterocycles. The average Bonchev–Trinajstić information content (AvgIpc) is 2.44. The monoisotopic (exact) mass is 461 g/mol. The predicted octanol–water partition coefficient (Wildman–Crippen LogP) is 4.99. The van der Waals surface area contributed by atoms with Gasteiger partial charge in [0.15, 0.2) is 0 Å². The van der Waals surface area contributed by atoms with Gasteiger partial charge in [0.2, 0.25) is 0 Å². The van der Waals surface area contributed by atoms with Crippen molar-refractivity contribution < 1.29 is 9.18 Å². The Morgan fingerprint density at radius 2 is 2.00 bits per heavy atom. The summed E-state index contributed by atoms with van der Waals surface area (Å²) in [5.74, 6) is -0.446. The Morgan fingerprint density at radius 3 is 2.67 bits per heavy atom. The third-order valence-corrected chi connectivity index (χ3v) is 4.58. The van der Waals surface area contributed by atoms with Gasteiger partial charge in [-0.3, -0.25) is 4.79 Å². The number of aryl methyl sites for hydroxylation is 1. The first kappa shape index (κ1) is 16.4. The molecule has 0 saturated carbocycles. The van der Waals surface area contributed by atoms with Gasteiger partial charge in [0.05, 0.1) is 11.6 Å². The number of rotatable bonds is 3. The number of carbonyl (C=O) groups is 1. The van der Waals surface area contributed by atoms with Gasteiger partial charge in [-0.25, -0.2) is 4.39 Å². The van der Waals surface area contributed by atoms with Crippen LogP contribution in [0.1, 0.15) is 34.5 Å². The molecular weight excluding hydrogens is 448 g/mol. The average molecular weight is 462 g/mol. The quantitative estimate of drug-likeness (QED) is 0.641. The van der Waals surface area contributed by atoms with Crippen LogP contribution in [0.5, 0.6) is 0 Å². The van der Waals surface area contributed by atoms with E-state index >= 15 is 0 Å². The summed E-state index contributed by atoms with van der Waals surface area (Å²) in [4.78, 5) is 12.3. The van der Waals surface area contributed by atoms with Gasteiger partial charge < -0.3 is 5.32 Å². The Labute approximate surface area is 145 Å². The highest BCUT2D eigenvalue weighted by Crippen LogP contribution is 2.21. The van der Waals surface area contributed by atoms with Crippen LogP contribution in [0.15, 0.2) is 40.9 Å². The van der Waals surface area contributed by atoms with Crippen LogP contribution in [0.2, 0.25) is 0 Å². The number of nitrogens with one attached hydrogen (secondary N) is 1. The summed E-state index contributed by atoms with van der Waals surface area (Å²) in [6.07, 6.45) is 0. The molecule has 0 spiro atoms. The summed E-state index contributed by atoms with van der Waals surface area (Å²) in [6.45, 7) is 3.55. The fourth-order valence-corrected chi connectivity index (χ4v) is 2.83. The van der Waals surface area contributed by atoms with E-state index in [0.717, 1.165) is 13.6 Å². The molecule has 0 bridgehead atoms. The standard InChI is InChI=1S/C16H14BrFINO/c1-9-3-4-11(7-15(9)18)10(2)20-16(21)13-8-12(19)5-6-14(13)17/h3-8,10H,1-2H3,(H,20,21). The van der Waals surface area contributed by atoms with Gasteiger partial charge in [-0.2, -0.15) is 0 Å². The molecule has 1 N–H and O–H groups in total. The summed E-state index contributed by atoms with van der Waals surface area (Å²) in [5, 5.41) is 2.89. The number of hydrogen-bond acceptors (Lipinski definition) is 1. The zero-order chi connectivity index (χ0) is 15.6. The maximum atomic E-state index is 13.6. The maximum Gasteiger partial charge on any atom is 0.252 e. The van der Waals surface area contributed by atoms with Gasteiger partial charge in [0.25, 0.3) is 5.91 Å². The van der Waals surface area contributed by atoms with Crippen molar-refractivity contribution in [2.75, 3.05) is 0 Å². The van der Waals surface area contributed by atoms with Crippen LogP contribution >= 0.6 is 38.5 Å². The Bertz CT molecular complexity index is 690. The van der Waals surface area contributed by atoms with Crippen LogP contribution < -0.4 is 5.32 Å². The van der Waals surface area contributed by atoms with E-state index in [4.69, 9.17) is 0 Å². The van der Waals surface area contributed by atoms with E-state index < -0.39 is 0 Å². The van der Waals surface area contributed by atoms with Gasteiger partial charge in [0.1, 0.15) is 5.82 Å². The molecular formula is C16H14BrFINO. The van der Waals surface area contributed by atoms with Gasteiger partial charge in [0, 0.05) is 8.04 Å². The normalized spacial score (nSPS) is 12.0. The third-order valence-electron chi connectivity index (χ3n) is 3.22. The van der Waals surface area contributed by atoms with Crippen molar-refractivity contribution in [3.63, 3.8) is 0 Å². The largest absolute Gasteiger partial charge is 0.345 e. The highest BCUT2D eigenvalue weighted by molar-refractivity contribution is 14.1. The van der Waals surface area contributed by atoms with Gasteiger partial charge in [-0.15, -0.1) is 0 Å². The lowest BCUT2D eigenvalue weighted by Crippen LogP contribution is -2.27. The molecule has 2 nitrogen and oxygen atoms in total. The van der Waals surface area contributed by atoms with E-state index in [1.807, 2.05) is 31.2 Å². The first-order valence-corrected chi connectivity index (χ1v) is 8.27. The molecule has 1 amide bonds. The lowest BCUT2D eigenvalue weighted by molar-refractivity contribution is 0.0939. The first-order chi connectivity index (χ1) is 9.88. The second-order valence-corrected chi connectivity index (χ2v) is 6.93. The number of carbonyl (C=O) groups excluding carboxylic acids is 1. The molecule has 1 atom stereocenters. The summed E-state index contributed by atoms with van der Waals surface area (Å²) >= 11 is 5.53. The van der Waals surface area contributed by atoms with Crippen LogP contribution in [0.3, 0.4) is 0 Å². The molecule has 0 heterocycles. The van der Waals surface area contributed by atoms with E-state index in [0.29, 0.717) is 11.1 Å². The Kier molecular flexibility index (Phi) is 5.37. The highest BCUT2D eigenvalue weighted by Gasteiger charge is 2.15. The van der Waals surface area contributed by atoms with Crippen molar-refractivity contribution >= 4 is 44.4 Å². The smallest absolute Gasteiger partial charge is 0.252 e. The minimum Gasteiger partial charge on any atom is -0.345 e. The van der Waals surface area contributed by atoms with E-state index in [1.165, 1.54) is 6.07 Å². The molecule has 0 aliphatic heterocycles. The minimum atomic E-state index is -0.266. The molecule has 0 fully saturated rings. The van der Waals surface area contributed by atoms with Crippen molar-refractivity contribution in [2.45, 2.75) is 19.9 Å². The molecule has 1 unspecified atom stereocenters. The zero-order valence-corrected chi connectivity index (χ0v) is 15.3. The molecule has 21 heavy (non-hydrogen) atoms. The summed E-state index contributed by atoms with van der Waals surface area (Å²) in [5.41, 5.74) is 1.91. The van der Waals surface area contributed by atoms with E-state index in [1.54, 1.807) is 13.0 Å². The zero-order valence-electron chi connectivity index (χ0n) is 11.6. The summed E-state index contributed by atoms with van der Waals surface area (Å²) < 4.78 is 15.3. The van der Waals surface area contributed by atoms with Crippen LogP contribution in [-0.4, -0.2) is 5.91 Å². The van der Waals surface area contributed by atoms with Crippen LogP contribution in [0.4, 0.5) is 4.39 Å². The molecule has 0 aliphatic rings. The van der Waals surface area contributed by atoms with Crippen molar-refractivity contribution in [3.05, 3.63) is 66.9 Å². The predicted molar refractivity (Wildman–Crippen MR) is 93.9 cm³/mol. The number of benzene rings is 2. The van der Waals surface area contributed by atoms with Crippen molar-refractivity contribution in [3.8, 4) is 0 Å². The van der Waals surface area contributed by atoms with E-state index in [9.17, 15) is 9.18 Å². The van der Waals surface area contributed by atoms with Crippen molar-refractivity contribution in [2.24, 2.45) is 0 Å². The summed E-state index contributed by atoms with van der Waals surface area (Å²) in [6, 6.07) is 10.3. The molecule has 0 saturated heterocycles. The van der Waals surface area contributed by atoms with Crippen LogP contribution in [0.25, 0.3) is 0 Å². The SMILES string of the molecule is Cc1ccc(C(C)NC(=O)c2cc(I)ccc2Br)cc1F. The van der Waals surface area contributed by atoms with Crippen LogP contribution in [-0.2, 0) is 0 Å². The van der Waals surface area contributed by atoms with Gasteiger partial charge in [-0.05, 0) is 87.8 Å². The van der Waals surface area contributed by atoms with Crippen LogP contribution in [0, 0.1) is 16.3 Å². The lowest BCUT2D eigenvalue weighted by Gasteiger charge is -2.16. The molecule has 2 rings (SSSR count). The number of hydrogen-bond donors (Lipinski definition) is 1. The highest BCUT2D eigenvalue weighted by atomic mass is 127. The molecule has 5 heteroatoms. The fourth-order valence-electron chi connectivity index (χ4n) is 1.91. The van der Waals surface area contributed by atoms with Crippen molar-refractivity contribution in [1.82, 2.24) is 5.32 Å². The molecule has 0 aliphatic carbocycles. The Morgan fingerprint density at radius 1 is 1.29 bits per heavy atom. The first-order valence-electron chi connectivity index (χ1n) is 6.40. The van der Waals surface area contributed by atoms with Gasteiger partial charge >= 0.3 is 0 Å². The molecule has 2 aromatic carbocycles. The number of halogens is 3. The van der Waals surface area contributed by atoms with Crippen molar-refractivity contribution in [1.29, 1.82) is 0 Å². The number of amides is 1. The third kappa shape index (κ3) is 4.03. The molecule has 2 aromatic rings.